The van der Waals surface area contributed by atoms with Crippen LogP contribution in [0.25, 0.3) is 27.9 Å². The van der Waals surface area contributed by atoms with E-state index >= 15 is 0 Å². The van der Waals surface area contributed by atoms with Gasteiger partial charge in [-0.2, -0.15) is 0 Å². The Bertz CT molecular complexity index is 1590. The number of hydrogen-bond donors (Lipinski definition) is 2. The Labute approximate surface area is 209 Å². The van der Waals surface area contributed by atoms with E-state index in [9.17, 15) is 9.59 Å². The summed E-state index contributed by atoms with van der Waals surface area (Å²) >= 11 is 0. The van der Waals surface area contributed by atoms with Gasteiger partial charge >= 0.3 is 0 Å². The highest BCUT2D eigenvalue weighted by atomic mass is 16.2. The van der Waals surface area contributed by atoms with Crippen LogP contribution in [-0.2, 0) is 18.4 Å². The zero-order valence-electron chi connectivity index (χ0n) is 20.4. The van der Waals surface area contributed by atoms with Gasteiger partial charge in [-0.25, -0.2) is 0 Å². The van der Waals surface area contributed by atoms with Gasteiger partial charge in [0.25, 0.3) is 11.8 Å². The average Bonchev–Trinajstić information content (AvgIpc) is 3.45. The highest BCUT2D eigenvalue weighted by Gasteiger charge is 2.16. The zero-order valence-corrected chi connectivity index (χ0v) is 20.4. The van der Waals surface area contributed by atoms with Crippen LogP contribution in [0.4, 0.5) is 0 Å². The fraction of sp³-hybridized carbons (Fsp3) is 0.133. The molecule has 0 unspecified atom stereocenters. The molecule has 0 atom stereocenters. The fourth-order valence-electron chi connectivity index (χ4n) is 4.42. The normalized spacial score (nSPS) is 11.7. The monoisotopic (exact) mass is 476 g/mol. The van der Waals surface area contributed by atoms with Gasteiger partial charge in [-0.15, -0.1) is 0 Å². The summed E-state index contributed by atoms with van der Waals surface area (Å²) in [5, 5.41) is 7.99. The Balaban J connectivity index is 1.39. The Hall–Kier alpha value is -4.58. The molecular weight excluding hydrogens is 448 g/mol. The van der Waals surface area contributed by atoms with Crippen molar-refractivity contribution < 1.29 is 9.59 Å². The molecule has 5 aromatic rings. The third kappa shape index (κ3) is 4.79. The lowest BCUT2D eigenvalue weighted by atomic mass is 10.1. The molecule has 3 aromatic carbocycles. The van der Waals surface area contributed by atoms with Gasteiger partial charge in [-0.1, -0.05) is 54.1 Å². The van der Waals surface area contributed by atoms with Crippen molar-refractivity contribution in [1.82, 2.24) is 19.8 Å². The molecule has 2 aromatic heterocycles. The third-order valence-corrected chi connectivity index (χ3v) is 6.35. The van der Waals surface area contributed by atoms with Gasteiger partial charge in [0.05, 0.1) is 0 Å². The van der Waals surface area contributed by atoms with Crippen molar-refractivity contribution in [3.05, 3.63) is 114 Å². The molecule has 0 aliphatic heterocycles. The van der Waals surface area contributed by atoms with E-state index in [1.807, 2.05) is 79.5 Å². The molecule has 0 spiro atoms. The molecule has 0 radical (unpaired) electrons. The number of hydrogen-bond acceptors (Lipinski definition) is 2. The summed E-state index contributed by atoms with van der Waals surface area (Å²) in [6.45, 7) is 3.01. The number of carbonyl (C=O) groups excluding carboxylic acids is 2. The van der Waals surface area contributed by atoms with E-state index in [0.717, 1.165) is 32.9 Å². The maximum atomic E-state index is 13.3. The molecule has 2 N–H and O–H groups in total. The maximum absolute atomic E-state index is 13.3. The number of rotatable bonds is 7. The van der Waals surface area contributed by atoms with E-state index in [2.05, 4.69) is 33.4 Å². The van der Waals surface area contributed by atoms with E-state index < -0.39 is 0 Å². The van der Waals surface area contributed by atoms with Crippen LogP contribution in [0.1, 0.15) is 21.5 Å². The van der Waals surface area contributed by atoms with Crippen LogP contribution in [0.3, 0.4) is 0 Å². The number of aryl methyl sites for hydroxylation is 2. The first-order valence-electron chi connectivity index (χ1n) is 12.0. The zero-order chi connectivity index (χ0) is 25.1. The number of carbonyl (C=O) groups is 2. The third-order valence-electron chi connectivity index (χ3n) is 6.35. The molecule has 0 saturated heterocycles. The van der Waals surface area contributed by atoms with E-state index in [0.29, 0.717) is 18.7 Å². The minimum absolute atomic E-state index is 0.203. The molecular formula is C30H28N4O2. The van der Waals surface area contributed by atoms with Crippen molar-refractivity contribution in [2.75, 3.05) is 6.54 Å². The van der Waals surface area contributed by atoms with Crippen molar-refractivity contribution in [3.8, 4) is 0 Å². The largest absolute Gasteiger partial charge is 0.350 e. The molecule has 0 bridgehead atoms. The summed E-state index contributed by atoms with van der Waals surface area (Å²) in [7, 11) is 1.96. The molecule has 36 heavy (non-hydrogen) atoms. The van der Waals surface area contributed by atoms with Crippen LogP contribution in [0.2, 0.25) is 0 Å². The molecule has 6 nitrogen and oxygen atoms in total. The van der Waals surface area contributed by atoms with Crippen molar-refractivity contribution >= 4 is 39.7 Å². The summed E-state index contributed by atoms with van der Waals surface area (Å²) in [5.41, 5.74) is 4.79. The lowest BCUT2D eigenvalue weighted by Gasteiger charge is -2.12. The summed E-state index contributed by atoms with van der Waals surface area (Å²) in [5.74, 6) is -0.659. The Kier molecular flexibility index (Phi) is 6.41. The van der Waals surface area contributed by atoms with E-state index in [4.69, 9.17) is 0 Å². The second-order valence-corrected chi connectivity index (χ2v) is 8.91. The molecule has 0 aliphatic carbocycles. The van der Waals surface area contributed by atoms with Crippen LogP contribution in [0, 0.1) is 6.92 Å². The minimum Gasteiger partial charge on any atom is -0.350 e. The molecule has 0 saturated carbocycles. The first kappa shape index (κ1) is 23.2. The average molecular weight is 477 g/mol. The van der Waals surface area contributed by atoms with Gasteiger partial charge in [0.15, 0.2) is 0 Å². The molecule has 2 amide bonds. The number of para-hydroxylation sites is 2. The maximum Gasteiger partial charge on any atom is 0.267 e. The number of amides is 2. The molecule has 0 aliphatic rings. The van der Waals surface area contributed by atoms with E-state index in [-0.39, 0.29) is 17.5 Å². The smallest absolute Gasteiger partial charge is 0.267 e. The molecule has 5 rings (SSSR count). The van der Waals surface area contributed by atoms with Crippen molar-refractivity contribution in [2.24, 2.45) is 7.05 Å². The predicted molar refractivity (Wildman–Crippen MR) is 144 cm³/mol. The second kappa shape index (κ2) is 9.96. The van der Waals surface area contributed by atoms with Gasteiger partial charge in [-0.05, 0) is 48.7 Å². The van der Waals surface area contributed by atoms with Crippen LogP contribution in [0.15, 0.2) is 97.0 Å². The van der Waals surface area contributed by atoms with Gasteiger partial charge < -0.3 is 19.8 Å². The van der Waals surface area contributed by atoms with E-state index in [1.54, 1.807) is 18.2 Å². The Morgan fingerprint density at radius 1 is 0.889 bits per heavy atom. The second-order valence-electron chi connectivity index (χ2n) is 8.91. The predicted octanol–water partition coefficient (Wildman–Crippen LogP) is 5.03. The number of nitrogens with zero attached hydrogens (tertiary/aromatic N) is 2. The highest BCUT2D eigenvalue weighted by molar-refractivity contribution is 6.06. The molecule has 2 heterocycles. The molecule has 180 valence electrons. The van der Waals surface area contributed by atoms with Crippen molar-refractivity contribution in [1.29, 1.82) is 0 Å². The first-order valence-corrected chi connectivity index (χ1v) is 12.0. The van der Waals surface area contributed by atoms with Crippen LogP contribution in [0.5, 0.6) is 0 Å². The number of fused-ring (bicyclic) bond motifs is 2. The molecule has 0 fully saturated rings. The lowest BCUT2D eigenvalue weighted by molar-refractivity contribution is -0.117. The van der Waals surface area contributed by atoms with Gasteiger partial charge in [-0.3, -0.25) is 9.59 Å². The van der Waals surface area contributed by atoms with Crippen molar-refractivity contribution in [2.45, 2.75) is 13.5 Å². The van der Waals surface area contributed by atoms with Gasteiger partial charge in [0.1, 0.15) is 5.70 Å². The Morgan fingerprint density at radius 3 is 2.42 bits per heavy atom. The summed E-state index contributed by atoms with van der Waals surface area (Å²) in [4.78, 5) is 26.3. The highest BCUT2D eigenvalue weighted by Crippen LogP contribution is 2.22. The first-order chi connectivity index (χ1) is 17.5. The van der Waals surface area contributed by atoms with Crippen molar-refractivity contribution in [3.63, 3.8) is 0 Å². The summed E-state index contributed by atoms with van der Waals surface area (Å²) in [6.07, 6.45) is 5.72. The lowest BCUT2D eigenvalue weighted by Crippen LogP contribution is -2.36. The Morgan fingerprint density at radius 2 is 1.61 bits per heavy atom. The number of benzene rings is 3. The topological polar surface area (TPSA) is 68.1 Å². The van der Waals surface area contributed by atoms with Gasteiger partial charge in [0.2, 0.25) is 0 Å². The number of aromatic nitrogens is 2. The van der Waals surface area contributed by atoms with Crippen LogP contribution >= 0.6 is 0 Å². The summed E-state index contributed by atoms with van der Waals surface area (Å²) < 4.78 is 4.12. The number of nitrogens with one attached hydrogen (secondary N) is 2. The van der Waals surface area contributed by atoms with Crippen LogP contribution in [-0.4, -0.2) is 27.5 Å². The standard InChI is InChI=1S/C30H28N4O2/c1-21-11-13-23(14-12-21)29(35)32-26(19-24-20-33(2)28-10-6-4-8-25(24)28)30(36)31-16-18-34-17-15-22-7-3-5-9-27(22)34/h3-15,17,19-20H,16,18H2,1-2H3,(H,31,36)(H,32,35). The minimum atomic E-state index is -0.333. The fourth-order valence-corrected chi connectivity index (χ4v) is 4.42. The summed E-state index contributed by atoms with van der Waals surface area (Å²) in [6, 6.07) is 25.5. The molecule has 6 heteroatoms. The quantitative estimate of drug-likeness (QED) is 0.324. The van der Waals surface area contributed by atoms with Crippen LogP contribution < -0.4 is 10.6 Å². The van der Waals surface area contributed by atoms with Gasteiger partial charge in [0, 0.05) is 60.1 Å². The SMILES string of the molecule is Cc1ccc(C(=O)NC(=Cc2cn(C)c3ccccc23)C(=O)NCCn2ccc3ccccc32)cc1. The van der Waals surface area contributed by atoms with E-state index in [1.165, 1.54) is 0 Å².